The highest BCUT2D eigenvalue weighted by Crippen LogP contribution is 2.33. The van der Waals surface area contributed by atoms with Gasteiger partial charge >= 0.3 is 0 Å². The number of rotatable bonds is 9. The first-order valence-corrected chi connectivity index (χ1v) is 12.0. The van der Waals surface area contributed by atoms with Gasteiger partial charge in [0.25, 0.3) is 10.0 Å². The molecule has 3 aromatic rings. The average Bonchev–Trinajstić information content (AvgIpc) is 3.37. The van der Waals surface area contributed by atoms with Crippen molar-refractivity contribution in [3.63, 3.8) is 0 Å². The summed E-state index contributed by atoms with van der Waals surface area (Å²) < 4.78 is 36.6. The van der Waals surface area contributed by atoms with Gasteiger partial charge in [0.1, 0.15) is 9.96 Å². The Labute approximate surface area is 180 Å². The molecule has 0 amide bonds. The highest BCUT2D eigenvalue weighted by molar-refractivity contribution is 7.91. The predicted octanol–water partition coefficient (Wildman–Crippen LogP) is 5.05. The van der Waals surface area contributed by atoms with Crippen LogP contribution in [0.1, 0.15) is 38.4 Å². The summed E-state index contributed by atoms with van der Waals surface area (Å²) in [5, 5.41) is 4.44. The minimum atomic E-state index is -3.72. The quantitative estimate of drug-likeness (QED) is 0.492. The fraction of sp³-hybridized carbons (Fsp3) is 0.350. The molecule has 0 unspecified atom stereocenters. The van der Waals surface area contributed by atoms with E-state index >= 15 is 0 Å². The van der Waals surface area contributed by atoms with Gasteiger partial charge in [-0.25, -0.2) is 17.8 Å². The lowest BCUT2D eigenvalue weighted by molar-refractivity contribution is 0.366. The van der Waals surface area contributed by atoms with Gasteiger partial charge in [-0.1, -0.05) is 38.3 Å². The summed E-state index contributed by atoms with van der Waals surface area (Å²) in [4.78, 5) is 0. The molecule has 0 aliphatic heterocycles. The van der Waals surface area contributed by atoms with Gasteiger partial charge in [-0.15, -0.1) is 11.3 Å². The fourth-order valence-electron chi connectivity index (χ4n) is 3.31. The van der Waals surface area contributed by atoms with Crippen LogP contribution in [0, 0.1) is 5.92 Å². The molecular weight excluding hydrogens is 430 g/mol. The van der Waals surface area contributed by atoms with Crippen molar-refractivity contribution in [1.82, 2.24) is 14.5 Å². The summed E-state index contributed by atoms with van der Waals surface area (Å²) in [6.07, 6.45) is 3.33. The van der Waals surface area contributed by atoms with Crippen molar-refractivity contribution in [1.29, 1.82) is 0 Å². The van der Waals surface area contributed by atoms with Crippen LogP contribution >= 0.6 is 22.9 Å². The van der Waals surface area contributed by atoms with Gasteiger partial charge in [0, 0.05) is 6.20 Å². The van der Waals surface area contributed by atoms with Gasteiger partial charge < -0.3 is 4.74 Å². The first-order valence-electron chi connectivity index (χ1n) is 9.35. The molecule has 1 aromatic carbocycles. The van der Waals surface area contributed by atoms with Gasteiger partial charge in [-0.3, -0.25) is 0 Å². The Morgan fingerprint density at radius 2 is 1.83 bits per heavy atom. The Morgan fingerprint density at radius 3 is 2.38 bits per heavy atom. The second kappa shape index (κ2) is 9.30. The molecule has 0 spiro atoms. The van der Waals surface area contributed by atoms with Gasteiger partial charge in [0.15, 0.2) is 0 Å². The van der Waals surface area contributed by atoms with Crippen molar-refractivity contribution < 1.29 is 13.2 Å². The van der Waals surface area contributed by atoms with Gasteiger partial charge in [-0.2, -0.15) is 5.10 Å². The van der Waals surface area contributed by atoms with Crippen LogP contribution in [-0.2, 0) is 10.0 Å². The van der Waals surface area contributed by atoms with E-state index in [2.05, 4.69) is 23.7 Å². The van der Waals surface area contributed by atoms with E-state index in [-0.39, 0.29) is 10.1 Å². The maximum atomic E-state index is 13.0. The Bertz CT molecular complexity index is 1040. The molecule has 6 nitrogen and oxygen atoms in total. The van der Waals surface area contributed by atoms with Crippen LogP contribution in [0.4, 0.5) is 0 Å². The van der Waals surface area contributed by atoms with E-state index in [9.17, 15) is 8.42 Å². The van der Waals surface area contributed by atoms with E-state index in [1.54, 1.807) is 24.1 Å². The summed E-state index contributed by atoms with van der Waals surface area (Å²) in [6.45, 7) is 4.12. The highest BCUT2D eigenvalue weighted by atomic mass is 35.5. The first kappa shape index (κ1) is 21.8. The first-order chi connectivity index (χ1) is 13.9. The summed E-state index contributed by atoms with van der Waals surface area (Å²) >= 11 is 7.00. The Kier molecular flexibility index (Phi) is 7.00. The van der Waals surface area contributed by atoms with E-state index in [0.29, 0.717) is 4.34 Å². The molecule has 0 fully saturated rings. The largest absolute Gasteiger partial charge is 0.497 e. The van der Waals surface area contributed by atoms with Crippen molar-refractivity contribution in [2.75, 3.05) is 7.11 Å². The second-order valence-electron chi connectivity index (χ2n) is 6.60. The van der Waals surface area contributed by atoms with Crippen LogP contribution < -0.4 is 9.46 Å². The molecule has 9 heteroatoms. The minimum Gasteiger partial charge on any atom is -0.497 e. The Balaban J connectivity index is 2.01. The lowest BCUT2D eigenvalue weighted by Gasteiger charge is -2.27. The maximum Gasteiger partial charge on any atom is 0.250 e. The Morgan fingerprint density at radius 1 is 1.14 bits per heavy atom. The number of benzene rings is 1. The third kappa shape index (κ3) is 4.83. The van der Waals surface area contributed by atoms with Crippen LogP contribution in [0.2, 0.25) is 4.34 Å². The maximum absolute atomic E-state index is 13.0. The molecule has 0 aliphatic rings. The predicted molar refractivity (Wildman–Crippen MR) is 117 cm³/mol. The van der Waals surface area contributed by atoms with E-state index in [1.165, 1.54) is 6.07 Å². The molecule has 2 heterocycles. The van der Waals surface area contributed by atoms with E-state index in [1.807, 2.05) is 30.3 Å². The molecule has 3 rings (SSSR count). The number of hydrogen-bond acceptors (Lipinski definition) is 5. The molecule has 2 aromatic heterocycles. The van der Waals surface area contributed by atoms with Crippen molar-refractivity contribution in [2.45, 2.75) is 36.9 Å². The van der Waals surface area contributed by atoms with Crippen LogP contribution in [0.5, 0.6) is 5.75 Å². The number of methoxy groups -OCH3 is 1. The zero-order chi connectivity index (χ0) is 21.0. The lowest BCUT2D eigenvalue weighted by Crippen LogP contribution is -2.34. The van der Waals surface area contributed by atoms with Gasteiger partial charge in [-0.05, 0) is 48.4 Å². The summed E-state index contributed by atoms with van der Waals surface area (Å²) in [7, 11) is -2.10. The van der Waals surface area contributed by atoms with Crippen molar-refractivity contribution >= 4 is 33.0 Å². The number of nitrogens with one attached hydrogen (secondary N) is 1. The summed E-state index contributed by atoms with van der Waals surface area (Å²) in [5.74, 6) is 0.850. The molecule has 0 radical (unpaired) electrons. The van der Waals surface area contributed by atoms with Crippen molar-refractivity contribution in [3.05, 3.63) is 58.7 Å². The molecule has 0 bridgehead atoms. The van der Waals surface area contributed by atoms with Gasteiger partial charge in [0.2, 0.25) is 0 Å². The number of thiophene rings is 1. The van der Waals surface area contributed by atoms with Crippen molar-refractivity contribution in [3.8, 4) is 11.4 Å². The van der Waals surface area contributed by atoms with Crippen LogP contribution in [-0.4, -0.2) is 25.3 Å². The highest BCUT2D eigenvalue weighted by Gasteiger charge is 2.30. The zero-order valence-corrected chi connectivity index (χ0v) is 18.9. The molecule has 0 saturated carbocycles. The standard InChI is InChI=1S/C20H24ClN3O3S2/c1-4-14(5-2)20(23-29(25,26)19-11-10-18(21)28-19)17-12-13-22-24(17)15-6-8-16(27-3)9-7-15/h6-14,20,23H,4-5H2,1-3H3/t20-/m0/s1. The Hall–Kier alpha value is -1.87. The van der Waals surface area contributed by atoms with E-state index in [0.717, 1.165) is 41.3 Å². The third-order valence-electron chi connectivity index (χ3n) is 4.92. The third-order valence-corrected chi connectivity index (χ3v) is 8.09. The van der Waals surface area contributed by atoms with Crippen LogP contribution in [0.15, 0.2) is 52.9 Å². The van der Waals surface area contributed by atoms with Crippen LogP contribution in [0.25, 0.3) is 5.69 Å². The van der Waals surface area contributed by atoms with Gasteiger partial charge in [0.05, 0.1) is 28.9 Å². The normalized spacial score (nSPS) is 13.0. The average molecular weight is 454 g/mol. The molecule has 0 aliphatic carbocycles. The number of aromatic nitrogens is 2. The number of ether oxygens (including phenoxy) is 1. The monoisotopic (exact) mass is 453 g/mol. The zero-order valence-electron chi connectivity index (χ0n) is 16.5. The smallest absolute Gasteiger partial charge is 0.250 e. The number of nitrogens with zero attached hydrogens (tertiary/aromatic N) is 2. The lowest BCUT2D eigenvalue weighted by atomic mass is 9.92. The number of sulfonamides is 1. The molecular formula is C20H24ClN3O3S2. The SMILES string of the molecule is CCC(CC)[C@H](NS(=O)(=O)c1ccc(Cl)s1)c1ccnn1-c1ccc(OC)cc1. The number of hydrogen-bond donors (Lipinski definition) is 1. The second-order valence-corrected chi connectivity index (χ2v) is 10.3. The summed E-state index contributed by atoms with van der Waals surface area (Å²) in [5.41, 5.74) is 1.62. The van der Waals surface area contributed by atoms with E-state index in [4.69, 9.17) is 16.3 Å². The summed E-state index contributed by atoms with van der Waals surface area (Å²) in [6, 6.07) is 12.0. The molecule has 29 heavy (non-hydrogen) atoms. The molecule has 156 valence electrons. The molecule has 0 saturated heterocycles. The van der Waals surface area contributed by atoms with Crippen LogP contribution in [0.3, 0.4) is 0 Å². The fourth-order valence-corrected chi connectivity index (χ4v) is 6.09. The number of halogens is 1. The minimum absolute atomic E-state index is 0.105. The topological polar surface area (TPSA) is 73.2 Å². The van der Waals surface area contributed by atoms with E-state index < -0.39 is 16.1 Å². The molecule has 1 N–H and O–H groups in total. The molecule has 1 atom stereocenters. The van der Waals surface area contributed by atoms with Crippen molar-refractivity contribution in [2.24, 2.45) is 5.92 Å².